The quantitative estimate of drug-likeness (QED) is 0.598. The molecule has 3 aliphatic rings. The third-order valence-electron chi connectivity index (χ3n) is 6.86. The average Bonchev–Trinajstić information content (AvgIpc) is 3.19. The zero-order valence-electron chi connectivity index (χ0n) is 17.7. The van der Waals surface area contributed by atoms with Crippen molar-refractivity contribution >= 4 is 34.7 Å². The predicted octanol–water partition coefficient (Wildman–Crippen LogP) is 5.43. The SMILES string of the molecule is CN1Cc2cc(Nc3ncc(Cl)c(N4CCc5ccccc54)n3)cc3c2C(CCC3)C1. The molecule has 0 radical (unpaired) electrons. The van der Waals surface area contributed by atoms with Gasteiger partial charge in [-0.15, -0.1) is 0 Å². The number of anilines is 4. The maximum Gasteiger partial charge on any atom is 0.229 e. The Hall–Kier alpha value is -2.63. The summed E-state index contributed by atoms with van der Waals surface area (Å²) >= 11 is 6.53. The summed E-state index contributed by atoms with van der Waals surface area (Å²) in [6.07, 6.45) is 6.44. The van der Waals surface area contributed by atoms with E-state index < -0.39 is 0 Å². The van der Waals surface area contributed by atoms with Crippen LogP contribution in [0.25, 0.3) is 0 Å². The maximum absolute atomic E-state index is 6.53. The number of aromatic nitrogens is 2. The summed E-state index contributed by atoms with van der Waals surface area (Å²) < 4.78 is 0. The van der Waals surface area contributed by atoms with Crippen LogP contribution in [0.4, 0.5) is 23.1 Å². The summed E-state index contributed by atoms with van der Waals surface area (Å²) in [6.45, 7) is 3.06. The number of hydrogen-bond acceptors (Lipinski definition) is 5. The summed E-state index contributed by atoms with van der Waals surface area (Å²) in [6, 6.07) is 13.0. The third kappa shape index (κ3) is 3.36. The lowest BCUT2D eigenvalue weighted by atomic mass is 9.77. The molecule has 1 aromatic heterocycles. The van der Waals surface area contributed by atoms with Crippen LogP contribution in [0, 0.1) is 0 Å². The minimum Gasteiger partial charge on any atom is -0.324 e. The first-order valence-corrected chi connectivity index (χ1v) is 11.5. The molecule has 0 bridgehead atoms. The van der Waals surface area contributed by atoms with Gasteiger partial charge in [0.15, 0.2) is 5.82 Å². The fourth-order valence-corrected chi connectivity index (χ4v) is 5.80. The van der Waals surface area contributed by atoms with Gasteiger partial charge in [-0.2, -0.15) is 4.98 Å². The second-order valence-corrected chi connectivity index (χ2v) is 9.42. The molecule has 3 heterocycles. The van der Waals surface area contributed by atoms with Crippen molar-refractivity contribution in [2.45, 2.75) is 38.1 Å². The van der Waals surface area contributed by atoms with Crippen molar-refractivity contribution in [1.29, 1.82) is 0 Å². The fourth-order valence-electron chi connectivity index (χ4n) is 5.61. The molecule has 1 atom stereocenters. The Morgan fingerprint density at radius 3 is 2.90 bits per heavy atom. The molecule has 31 heavy (non-hydrogen) atoms. The summed E-state index contributed by atoms with van der Waals surface area (Å²) in [7, 11) is 2.22. The number of aryl methyl sites for hydroxylation is 1. The number of fused-ring (bicyclic) bond motifs is 1. The first-order chi connectivity index (χ1) is 15.2. The molecule has 2 aromatic carbocycles. The number of likely N-dealkylation sites (N-methyl/N-ethyl adjacent to an activating group) is 1. The van der Waals surface area contributed by atoms with Gasteiger partial charge in [-0.3, -0.25) is 0 Å². The van der Waals surface area contributed by atoms with Gasteiger partial charge in [0.1, 0.15) is 5.02 Å². The first-order valence-electron chi connectivity index (χ1n) is 11.1. The molecule has 1 aliphatic carbocycles. The molecule has 6 heteroatoms. The van der Waals surface area contributed by atoms with E-state index in [1.54, 1.807) is 11.8 Å². The Morgan fingerprint density at radius 2 is 1.97 bits per heavy atom. The van der Waals surface area contributed by atoms with E-state index in [0.29, 0.717) is 16.9 Å². The standard InChI is InChI=1S/C25H26ClN5/c1-30-14-18-7-4-6-17-11-20(12-19(15-30)23(17)18)28-25-27-13-21(26)24(29-25)31-10-9-16-5-2-3-8-22(16)31/h2-3,5,8,11-13,18H,4,6-7,9-10,14-15H2,1H3,(H,27,28,29). The zero-order valence-corrected chi connectivity index (χ0v) is 18.5. The van der Waals surface area contributed by atoms with E-state index in [0.717, 1.165) is 37.4 Å². The van der Waals surface area contributed by atoms with Crippen LogP contribution in [0.2, 0.25) is 5.02 Å². The largest absolute Gasteiger partial charge is 0.324 e. The van der Waals surface area contributed by atoms with Crippen LogP contribution in [0.15, 0.2) is 42.6 Å². The van der Waals surface area contributed by atoms with Crippen LogP contribution in [-0.2, 0) is 19.4 Å². The number of para-hydroxylation sites is 1. The van der Waals surface area contributed by atoms with E-state index in [4.69, 9.17) is 16.6 Å². The minimum atomic E-state index is 0.576. The third-order valence-corrected chi connectivity index (χ3v) is 7.12. The normalized spacial score (nSPS) is 19.8. The molecule has 158 valence electrons. The molecule has 6 rings (SSSR count). The number of nitrogens with zero attached hydrogens (tertiary/aromatic N) is 4. The second-order valence-electron chi connectivity index (χ2n) is 9.01. The fraction of sp³-hybridized carbons (Fsp3) is 0.360. The Kier molecular flexibility index (Phi) is 4.62. The molecular weight excluding hydrogens is 406 g/mol. The maximum atomic E-state index is 6.53. The van der Waals surface area contributed by atoms with Crippen LogP contribution in [0.5, 0.6) is 0 Å². The van der Waals surface area contributed by atoms with Crippen molar-refractivity contribution in [1.82, 2.24) is 14.9 Å². The lowest BCUT2D eigenvalue weighted by Crippen LogP contribution is -2.33. The summed E-state index contributed by atoms with van der Waals surface area (Å²) in [5, 5.41) is 4.05. The van der Waals surface area contributed by atoms with Crippen molar-refractivity contribution in [3.8, 4) is 0 Å². The molecule has 0 saturated heterocycles. The highest BCUT2D eigenvalue weighted by Gasteiger charge is 2.29. The van der Waals surface area contributed by atoms with Crippen LogP contribution < -0.4 is 10.2 Å². The van der Waals surface area contributed by atoms with Crippen LogP contribution in [0.1, 0.15) is 41.0 Å². The Morgan fingerprint density at radius 1 is 1.10 bits per heavy atom. The number of hydrogen-bond donors (Lipinski definition) is 1. The van der Waals surface area contributed by atoms with Gasteiger partial charge in [-0.1, -0.05) is 29.8 Å². The first kappa shape index (κ1) is 19.1. The van der Waals surface area contributed by atoms with Crippen LogP contribution >= 0.6 is 11.6 Å². The highest BCUT2D eigenvalue weighted by atomic mass is 35.5. The smallest absolute Gasteiger partial charge is 0.229 e. The molecule has 0 spiro atoms. The van der Waals surface area contributed by atoms with E-state index >= 15 is 0 Å². The number of halogens is 1. The molecule has 1 unspecified atom stereocenters. The molecule has 0 saturated carbocycles. The molecule has 0 fully saturated rings. The molecule has 3 aromatic rings. The molecule has 5 nitrogen and oxygen atoms in total. The van der Waals surface area contributed by atoms with Crippen molar-refractivity contribution in [3.05, 3.63) is 69.9 Å². The summed E-state index contributed by atoms with van der Waals surface area (Å²) in [5.41, 5.74) is 8.12. The summed E-state index contributed by atoms with van der Waals surface area (Å²) in [5.74, 6) is 2.04. The van der Waals surface area contributed by atoms with Crippen molar-refractivity contribution in [2.24, 2.45) is 0 Å². The molecule has 1 N–H and O–H groups in total. The van der Waals surface area contributed by atoms with Gasteiger partial charge in [-0.25, -0.2) is 4.98 Å². The van der Waals surface area contributed by atoms with Crippen LogP contribution in [0.3, 0.4) is 0 Å². The van der Waals surface area contributed by atoms with Crippen molar-refractivity contribution in [2.75, 3.05) is 30.4 Å². The number of rotatable bonds is 3. The highest BCUT2D eigenvalue weighted by Crippen LogP contribution is 2.41. The van der Waals surface area contributed by atoms with Gasteiger partial charge < -0.3 is 15.1 Å². The topological polar surface area (TPSA) is 44.3 Å². The van der Waals surface area contributed by atoms with Gasteiger partial charge in [0.2, 0.25) is 5.95 Å². The van der Waals surface area contributed by atoms with Gasteiger partial charge in [0, 0.05) is 31.0 Å². The van der Waals surface area contributed by atoms with Gasteiger partial charge in [0.05, 0.1) is 6.20 Å². The predicted molar refractivity (Wildman–Crippen MR) is 126 cm³/mol. The lowest BCUT2D eigenvalue weighted by Gasteiger charge is -2.37. The molecule has 2 aliphatic heterocycles. The minimum absolute atomic E-state index is 0.576. The van der Waals surface area contributed by atoms with E-state index in [-0.39, 0.29) is 0 Å². The van der Waals surface area contributed by atoms with E-state index in [9.17, 15) is 0 Å². The van der Waals surface area contributed by atoms with Crippen molar-refractivity contribution in [3.63, 3.8) is 0 Å². The van der Waals surface area contributed by atoms with Crippen LogP contribution in [-0.4, -0.2) is 35.0 Å². The zero-order chi connectivity index (χ0) is 20.9. The Labute approximate surface area is 188 Å². The summed E-state index contributed by atoms with van der Waals surface area (Å²) in [4.78, 5) is 13.9. The molecular formula is C25H26ClN5. The monoisotopic (exact) mass is 431 g/mol. The van der Waals surface area contributed by atoms with Crippen molar-refractivity contribution < 1.29 is 0 Å². The Balaban J connectivity index is 1.34. The second kappa shape index (κ2) is 7.50. The lowest BCUT2D eigenvalue weighted by molar-refractivity contribution is 0.266. The van der Waals surface area contributed by atoms with Gasteiger partial charge in [-0.05, 0) is 79.1 Å². The number of benzene rings is 2. The van der Waals surface area contributed by atoms with Gasteiger partial charge >= 0.3 is 0 Å². The van der Waals surface area contributed by atoms with E-state index in [1.165, 1.54) is 41.8 Å². The van der Waals surface area contributed by atoms with E-state index in [2.05, 4.69) is 63.5 Å². The number of nitrogens with one attached hydrogen (secondary N) is 1. The van der Waals surface area contributed by atoms with E-state index in [1.807, 2.05) is 0 Å². The van der Waals surface area contributed by atoms with Gasteiger partial charge in [0.25, 0.3) is 0 Å². The average molecular weight is 432 g/mol. The Bertz CT molecular complexity index is 1160. The molecule has 0 amide bonds. The highest BCUT2D eigenvalue weighted by molar-refractivity contribution is 6.33.